The summed E-state index contributed by atoms with van der Waals surface area (Å²) >= 11 is 0. The Morgan fingerprint density at radius 2 is 1.76 bits per heavy atom. The lowest BCUT2D eigenvalue weighted by molar-refractivity contribution is 0.210. The molecule has 2 aliphatic rings. The second kappa shape index (κ2) is 6.65. The van der Waals surface area contributed by atoms with Crippen LogP contribution in [-0.2, 0) is 6.54 Å². The Labute approximate surface area is 104 Å². The third-order valence-electron chi connectivity index (χ3n) is 3.09. The van der Waals surface area contributed by atoms with Crippen LogP contribution in [0.2, 0.25) is 0 Å². The van der Waals surface area contributed by atoms with E-state index < -0.39 is 0 Å². The van der Waals surface area contributed by atoms with Gasteiger partial charge in [-0.15, -0.1) is 0 Å². The van der Waals surface area contributed by atoms with Gasteiger partial charge in [-0.3, -0.25) is 0 Å². The molecule has 3 rings (SSSR count). The van der Waals surface area contributed by atoms with Crippen molar-refractivity contribution < 1.29 is 4.74 Å². The smallest absolute Gasteiger partial charge is 0.120 e. The van der Waals surface area contributed by atoms with Crippen molar-refractivity contribution in [1.29, 1.82) is 0 Å². The zero-order valence-corrected chi connectivity index (χ0v) is 10.5. The van der Waals surface area contributed by atoms with Crippen LogP contribution in [0.3, 0.4) is 0 Å². The van der Waals surface area contributed by atoms with E-state index in [1.807, 2.05) is 24.3 Å². The van der Waals surface area contributed by atoms with Crippen molar-refractivity contribution in [2.24, 2.45) is 5.73 Å². The molecule has 17 heavy (non-hydrogen) atoms. The molecule has 0 aromatic heterocycles. The van der Waals surface area contributed by atoms with Crippen LogP contribution in [0, 0.1) is 0 Å². The van der Waals surface area contributed by atoms with Gasteiger partial charge < -0.3 is 10.5 Å². The van der Waals surface area contributed by atoms with Crippen LogP contribution in [-0.4, -0.2) is 6.10 Å². The highest BCUT2D eigenvalue weighted by atomic mass is 16.5. The Kier molecular flexibility index (Phi) is 4.87. The molecule has 0 spiro atoms. The lowest BCUT2D eigenvalue weighted by atomic mass is 10.2. The third kappa shape index (κ3) is 4.78. The molecule has 1 aromatic carbocycles. The molecular formula is C15H23NO. The molecule has 0 bridgehead atoms. The molecule has 94 valence electrons. The molecule has 1 aromatic rings. The molecular weight excluding hydrogens is 210 g/mol. The zero-order valence-electron chi connectivity index (χ0n) is 10.5. The Hall–Kier alpha value is -1.02. The van der Waals surface area contributed by atoms with E-state index in [9.17, 15) is 0 Å². The SMILES string of the molecule is C1CC1.NCc1cccc(OC2CCCC2)c1. The minimum absolute atomic E-state index is 0.433. The van der Waals surface area contributed by atoms with Gasteiger partial charge in [0.1, 0.15) is 5.75 Å². The van der Waals surface area contributed by atoms with E-state index in [4.69, 9.17) is 10.5 Å². The van der Waals surface area contributed by atoms with Gasteiger partial charge in [0.05, 0.1) is 6.10 Å². The van der Waals surface area contributed by atoms with Crippen molar-refractivity contribution in [3.63, 3.8) is 0 Å². The number of hydrogen-bond acceptors (Lipinski definition) is 2. The third-order valence-corrected chi connectivity index (χ3v) is 3.09. The first-order valence-electron chi connectivity index (χ1n) is 6.84. The molecule has 0 aliphatic heterocycles. The molecule has 2 heteroatoms. The second-order valence-corrected chi connectivity index (χ2v) is 4.94. The fourth-order valence-corrected chi connectivity index (χ4v) is 1.94. The van der Waals surface area contributed by atoms with Crippen LogP contribution in [0.15, 0.2) is 24.3 Å². The molecule has 2 saturated carbocycles. The fourth-order valence-electron chi connectivity index (χ4n) is 1.94. The molecule has 0 radical (unpaired) electrons. The maximum Gasteiger partial charge on any atom is 0.120 e. The van der Waals surface area contributed by atoms with Crippen molar-refractivity contribution in [3.05, 3.63) is 29.8 Å². The van der Waals surface area contributed by atoms with Crippen LogP contribution in [0.5, 0.6) is 5.75 Å². The summed E-state index contributed by atoms with van der Waals surface area (Å²) in [5.74, 6) is 0.972. The maximum atomic E-state index is 5.86. The predicted molar refractivity (Wildman–Crippen MR) is 71.1 cm³/mol. The van der Waals surface area contributed by atoms with E-state index in [1.165, 1.54) is 44.9 Å². The zero-order chi connectivity index (χ0) is 11.9. The lowest BCUT2D eigenvalue weighted by Gasteiger charge is -2.13. The van der Waals surface area contributed by atoms with Crippen LogP contribution in [0.1, 0.15) is 50.5 Å². The molecule has 0 amide bonds. The van der Waals surface area contributed by atoms with Crippen LogP contribution >= 0.6 is 0 Å². The molecule has 2 aliphatic carbocycles. The quantitative estimate of drug-likeness (QED) is 0.865. The molecule has 2 fully saturated rings. The fraction of sp³-hybridized carbons (Fsp3) is 0.600. The monoisotopic (exact) mass is 233 g/mol. The van der Waals surface area contributed by atoms with E-state index in [0.717, 1.165) is 11.3 Å². The van der Waals surface area contributed by atoms with E-state index in [1.54, 1.807) is 0 Å². The number of rotatable bonds is 3. The van der Waals surface area contributed by atoms with E-state index in [2.05, 4.69) is 0 Å². The number of nitrogens with two attached hydrogens (primary N) is 1. The summed E-state index contributed by atoms with van der Waals surface area (Å²) in [6.45, 7) is 0.585. The summed E-state index contributed by atoms with van der Waals surface area (Å²) in [6, 6.07) is 8.09. The number of benzene rings is 1. The highest BCUT2D eigenvalue weighted by Crippen LogP contribution is 2.24. The second-order valence-electron chi connectivity index (χ2n) is 4.94. The molecule has 0 saturated heterocycles. The maximum absolute atomic E-state index is 5.86. The average Bonchev–Trinajstić information content (AvgIpc) is 3.17. The molecule has 0 atom stereocenters. The summed E-state index contributed by atoms with van der Waals surface area (Å²) in [7, 11) is 0. The van der Waals surface area contributed by atoms with Gasteiger partial charge in [0.2, 0.25) is 0 Å². The van der Waals surface area contributed by atoms with E-state index in [0.29, 0.717) is 12.6 Å². The highest BCUT2D eigenvalue weighted by molar-refractivity contribution is 5.28. The van der Waals surface area contributed by atoms with Crippen molar-refractivity contribution >= 4 is 0 Å². The van der Waals surface area contributed by atoms with Crippen molar-refractivity contribution in [2.45, 2.75) is 57.6 Å². The van der Waals surface area contributed by atoms with Gasteiger partial charge in [-0.05, 0) is 43.4 Å². The summed E-state index contributed by atoms with van der Waals surface area (Å²) < 4.78 is 5.86. The predicted octanol–water partition coefficient (Wildman–Crippen LogP) is 3.64. The lowest BCUT2D eigenvalue weighted by Crippen LogP contribution is -2.11. The minimum Gasteiger partial charge on any atom is -0.490 e. The van der Waals surface area contributed by atoms with Crippen molar-refractivity contribution in [2.75, 3.05) is 0 Å². The summed E-state index contributed by atoms with van der Waals surface area (Å²) in [6.07, 6.45) is 9.95. The summed E-state index contributed by atoms with van der Waals surface area (Å²) in [5, 5.41) is 0. The Morgan fingerprint density at radius 1 is 1.06 bits per heavy atom. The van der Waals surface area contributed by atoms with Crippen molar-refractivity contribution in [3.8, 4) is 5.75 Å². The Balaban J connectivity index is 0.000000313. The Morgan fingerprint density at radius 3 is 2.35 bits per heavy atom. The minimum atomic E-state index is 0.433. The van der Waals surface area contributed by atoms with E-state index >= 15 is 0 Å². The van der Waals surface area contributed by atoms with Gasteiger partial charge in [0.25, 0.3) is 0 Å². The van der Waals surface area contributed by atoms with Gasteiger partial charge in [-0.25, -0.2) is 0 Å². The van der Waals surface area contributed by atoms with Gasteiger partial charge >= 0.3 is 0 Å². The topological polar surface area (TPSA) is 35.2 Å². The average molecular weight is 233 g/mol. The Bertz CT molecular complexity index is 327. The highest BCUT2D eigenvalue weighted by Gasteiger charge is 2.16. The standard InChI is InChI=1S/C12H17NO.C3H6/c13-9-10-4-3-7-12(8-10)14-11-5-1-2-6-11;1-2-3-1/h3-4,7-8,11H,1-2,5-6,9,13H2;1-3H2. The molecule has 2 nitrogen and oxygen atoms in total. The van der Waals surface area contributed by atoms with Gasteiger partial charge in [-0.2, -0.15) is 0 Å². The van der Waals surface area contributed by atoms with Crippen LogP contribution in [0.25, 0.3) is 0 Å². The normalized spacial score (nSPS) is 18.4. The largest absolute Gasteiger partial charge is 0.490 e. The van der Waals surface area contributed by atoms with Gasteiger partial charge in [-0.1, -0.05) is 31.4 Å². The number of hydrogen-bond donors (Lipinski definition) is 1. The first kappa shape index (κ1) is 12.4. The first-order chi connectivity index (χ1) is 8.38. The van der Waals surface area contributed by atoms with E-state index in [-0.39, 0.29) is 0 Å². The summed E-state index contributed by atoms with van der Waals surface area (Å²) in [5.41, 5.74) is 6.71. The van der Waals surface area contributed by atoms with Crippen LogP contribution < -0.4 is 10.5 Å². The molecule has 0 heterocycles. The van der Waals surface area contributed by atoms with Crippen molar-refractivity contribution in [1.82, 2.24) is 0 Å². The summed E-state index contributed by atoms with van der Waals surface area (Å²) in [4.78, 5) is 0. The van der Waals surface area contributed by atoms with Gasteiger partial charge in [0, 0.05) is 6.54 Å². The number of ether oxygens (including phenoxy) is 1. The van der Waals surface area contributed by atoms with Gasteiger partial charge in [0.15, 0.2) is 0 Å². The first-order valence-corrected chi connectivity index (χ1v) is 6.84. The molecule has 2 N–H and O–H groups in total. The van der Waals surface area contributed by atoms with Crippen LogP contribution in [0.4, 0.5) is 0 Å². The molecule has 0 unspecified atom stereocenters.